The van der Waals surface area contributed by atoms with Crippen LogP contribution in [0.25, 0.3) is 0 Å². The van der Waals surface area contributed by atoms with Crippen LogP contribution in [0.4, 0.5) is 5.69 Å². The molecule has 2 atom stereocenters. The van der Waals surface area contributed by atoms with Gasteiger partial charge in [0.25, 0.3) is 0 Å². The molecular weight excluding hydrogens is 262 g/mol. The first-order chi connectivity index (χ1) is 10.0. The van der Waals surface area contributed by atoms with Crippen molar-refractivity contribution in [2.75, 3.05) is 31.1 Å². The summed E-state index contributed by atoms with van der Waals surface area (Å²) in [4.78, 5) is 16.8. The zero-order valence-corrected chi connectivity index (χ0v) is 13.6. The highest BCUT2D eigenvalue weighted by molar-refractivity contribution is 5.95. The van der Waals surface area contributed by atoms with E-state index in [9.17, 15) is 4.79 Å². The fourth-order valence-electron chi connectivity index (χ4n) is 3.19. The molecule has 4 heteroatoms. The summed E-state index contributed by atoms with van der Waals surface area (Å²) in [6.07, 6.45) is 0. The molecule has 0 bridgehead atoms. The van der Waals surface area contributed by atoms with Crippen LogP contribution >= 0.6 is 0 Å². The molecule has 1 aromatic rings. The molecule has 4 nitrogen and oxygen atoms in total. The summed E-state index contributed by atoms with van der Waals surface area (Å²) in [5.74, 6) is 0.188. The standard InChI is InChI=1S/C17H27N3O/c1-5-20(16-9-7-6-8-13(16)2)17(21)12-19-10-14(3)18-15(4)11-19/h6-9,14-15,18H,5,10-12H2,1-4H3. The normalized spacial score (nSPS) is 23.0. The first-order valence-corrected chi connectivity index (χ1v) is 7.85. The molecule has 0 aromatic heterocycles. The number of nitrogens with one attached hydrogen (secondary N) is 1. The summed E-state index contributed by atoms with van der Waals surface area (Å²) in [5, 5.41) is 3.50. The van der Waals surface area contributed by atoms with Crippen LogP contribution in [-0.4, -0.2) is 49.1 Å². The summed E-state index contributed by atoms with van der Waals surface area (Å²) in [6.45, 7) is 11.5. The van der Waals surface area contributed by atoms with Crippen molar-refractivity contribution in [3.63, 3.8) is 0 Å². The van der Waals surface area contributed by atoms with Crippen LogP contribution in [0.5, 0.6) is 0 Å². The van der Waals surface area contributed by atoms with Gasteiger partial charge in [0.15, 0.2) is 0 Å². The van der Waals surface area contributed by atoms with E-state index >= 15 is 0 Å². The Hall–Kier alpha value is -1.39. The van der Waals surface area contributed by atoms with Crippen molar-refractivity contribution in [3.05, 3.63) is 29.8 Å². The van der Waals surface area contributed by atoms with Crippen molar-refractivity contribution < 1.29 is 4.79 Å². The molecule has 21 heavy (non-hydrogen) atoms. The lowest BCUT2D eigenvalue weighted by molar-refractivity contribution is -0.120. The van der Waals surface area contributed by atoms with Crippen LogP contribution in [0.2, 0.25) is 0 Å². The Labute approximate surface area is 128 Å². The number of carbonyl (C=O) groups excluding carboxylic acids is 1. The van der Waals surface area contributed by atoms with Crippen LogP contribution in [0.15, 0.2) is 24.3 Å². The van der Waals surface area contributed by atoms with Crippen LogP contribution in [0, 0.1) is 6.92 Å². The number of rotatable bonds is 4. The average Bonchev–Trinajstić information content (AvgIpc) is 2.40. The van der Waals surface area contributed by atoms with E-state index in [1.54, 1.807) is 0 Å². The van der Waals surface area contributed by atoms with Crippen molar-refractivity contribution in [1.82, 2.24) is 10.2 Å². The number of amides is 1. The lowest BCUT2D eigenvalue weighted by Gasteiger charge is -2.36. The van der Waals surface area contributed by atoms with E-state index in [4.69, 9.17) is 0 Å². The second kappa shape index (κ2) is 7.05. The number of anilines is 1. The fourth-order valence-corrected chi connectivity index (χ4v) is 3.19. The number of likely N-dealkylation sites (N-methyl/N-ethyl adjacent to an activating group) is 1. The zero-order valence-electron chi connectivity index (χ0n) is 13.6. The van der Waals surface area contributed by atoms with E-state index in [-0.39, 0.29) is 5.91 Å². The number of aryl methyl sites for hydroxylation is 1. The molecule has 1 aliphatic heterocycles. The topological polar surface area (TPSA) is 35.6 Å². The molecule has 1 saturated heterocycles. The van der Waals surface area contributed by atoms with Crippen LogP contribution in [0.1, 0.15) is 26.3 Å². The number of para-hydroxylation sites is 1. The molecule has 0 spiro atoms. The van der Waals surface area contributed by atoms with Crippen LogP contribution in [-0.2, 0) is 4.79 Å². The minimum atomic E-state index is 0.188. The van der Waals surface area contributed by atoms with E-state index in [0.29, 0.717) is 25.2 Å². The van der Waals surface area contributed by atoms with Gasteiger partial charge in [0.2, 0.25) is 5.91 Å². The summed E-state index contributed by atoms with van der Waals surface area (Å²) < 4.78 is 0. The zero-order chi connectivity index (χ0) is 15.4. The third-order valence-electron chi connectivity index (χ3n) is 4.02. The quantitative estimate of drug-likeness (QED) is 0.921. The van der Waals surface area contributed by atoms with Crippen molar-refractivity contribution in [1.29, 1.82) is 0 Å². The Balaban J connectivity index is 2.05. The number of piperazine rings is 1. The van der Waals surface area contributed by atoms with Gasteiger partial charge < -0.3 is 10.2 Å². The Morgan fingerprint density at radius 3 is 2.48 bits per heavy atom. The second-order valence-corrected chi connectivity index (χ2v) is 6.09. The molecule has 2 unspecified atom stereocenters. The van der Waals surface area contributed by atoms with E-state index in [0.717, 1.165) is 24.3 Å². The molecule has 0 radical (unpaired) electrons. The Bertz CT molecular complexity index is 479. The van der Waals surface area contributed by atoms with Gasteiger partial charge in [-0.05, 0) is 39.3 Å². The molecular formula is C17H27N3O. The summed E-state index contributed by atoms with van der Waals surface area (Å²) in [7, 11) is 0. The molecule has 0 aliphatic carbocycles. The van der Waals surface area contributed by atoms with Gasteiger partial charge in [-0.25, -0.2) is 0 Å². The van der Waals surface area contributed by atoms with Gasteiger partial charge in [0, 0.05) is 37.4 Å². The number of carbonyl (C=O) groups is 1. The van der Waals surface area contributed by atoms with Gasteiger partial charge in [-0.15, -0.1) is 0 Å². The van der Waals surface area contributed by atoms with Gasteiger partial charge in [0.1, 0.15) is 0 Å². The van der Waals surface area contributed by atoms with E-state index in [1.165, 1.54) is 0 Å². The Morgan fingerprint density at radius 1 is 1.29 bits per heavy atom. The summed E-state index contributed by atoms with van der Waals surface area (Å²) in [5.41, 5.74) is 2.18. The maximum absolute atomic E-state index is 12.7. The first kappa shape index (κ1) is 16.0. The van der Waals surface area contributed by atoms with Gasteiger partial charge >= 0.3 is 0 Å². The SMILES string of the molecule is CCN(C(=O)CN1CC(C)NC(C)C1)c1ccccc1C. The number of benzene rings is 1. The molecule has 1 aliphatic rings. The van der Waals surface area contributed by atoms with Gasteiger partial charge in [-0.3, -0.25) is 9.69 Å². The molecule has 1 fully saturated rings. The monoisotopic (exact) mass is 289 g/mol. The maximum Gasteiger partial charge on any atom is 0.241 e. The van der Waals surface area contributed by atoms with Gasteiger partial charge in [-0.1, -0.05) is 18.2 Å². The third kappa shape index (κ3) is 4.05. The Kier molecular flexibility index (Phi) is 5.37. The number of hydrogen-bond acceptors (Lipinski definition) is 3. The van der Waals surface area contributed by atoms with Crippen molar-refractivity contribution >= 4 is 11.6 Å². The predicted octanol–water partition coefficient (Wildman–Crippen LogP) is 2.03. The summed E-state index contributed by atoms with van der Waals surface area (Å²) in [6, 6.07) is 8.97. The minimum absolute atomic E-state index is 0.188. The van der Waals surface area contributed by atoms with Gasteiger partial charge in [0.05, 0.1) is 6.54 Å². The highest BCUT2D eigenvalue weighted by atomic mass is 16.2. The highest BCUT2D eigenvalue weighted by Gasteiger charge is 2.25. The minimum Gasteiger partial charge on any atom is -0.311 e. The lowest BCUT2D eigenvalue weighted by Crippen LogP contribution is -2.56. The molecule has 1 heterocycles. The molecule has 0 saturated carbocycles. The molecule has 1 aromatic carbocycles. The predicted molar refractivity (Wildman–Crippen MR) is 87.7 cm³/mol. The molecule has 1 amide bonds. The second-order valence-electron chi connectivity index (χ2n) is 6.09. The number of hydrogen-bond donors (Lipinski definition) is 1. The lowest BCUT2D eigenvalue weighted by atomic mass is 10.1. The largest absolute Gasteiger partial charge is 0.311 e. The fraction of sp³-hybridized carbons (Fsp3) is 0.588. The van der Waals surface area contributed by atoms with Crippen LogP contribution in [0.3, 0.4) is 0 Å². The van der Waals surface area contributed by atoms with Crippen molar-refractivity contribution in [3.8, 4) is 0 Å². The molecule has 2 rings (SSSR count). The van der Waals surface area contributed by atoms with E-state index in [2.05, 4.69) is 37.1 Å². The average molecular weight is 289 g/mol. The van der Waals surface area contributed by atoms with Crippen molar-refractivity contribution in [2.24, 2.45) is 0 Å². The van der Waals surface area contributed by atoms with E-state index < -0.39 is 0 Å². The maximum atomic E-state index is 12.7. The summed E-state index contributed by atoms with van der Waals surface area (Å²) >= 11 is 0. The van der Waals surface area contributed by atoms with Gasteiger partial charge in [-0.2, -0.15) is 0 Å². The smallest absolute Gasteiger partial charge is 0.241 e. The van der Waals surface area contributed by atoms with Crippen LogP contribution < -0.4 is 10.2 Å². The highest BCUT2D eigenvalue weighted by Crippen LogP contribution is 2.19. The third-order valence-corrected chi connectivity index (χ3v) is 4.02. The first-order valence-electron chi connectivity index (χ1n) is 7.85. The number of nitrogens with zero attached hydrogens (tertiary/aromatic N) is 2. The Morgan fingerprint density at radius 2 is 1.90 bits per heavy atom. The molecule has 1 N–H and O–H groups in total. The van der Waals surface area contributed by atoms with Crippen molar-refractivity contribution in [2.45, 2.75) is 39.8 Å². The molecule has 116 valence electrons. The van der Waals surface area contributed by atoms with E-state index in [1.807, 2.05) is 30.0 Å².